The van der Waals surface area contributed by atoms with E-state index in [0.717, 1.165) is 0 Å². The average Bonchev–Trinajstić information content (AvgIpc) is 2.51. The predicted molar refractivity (Wildman–Crippen MR) is 79.6 cm³/mol. The number of pyridine rings is 1. The molecule has 2 heterocycles. The van der Waals surface area contributed by atoms with Crippen molar-refractivity contribution in [3.05, 3.63) is 23.9 Å². The highest BCUT2D eigenvalue weighted by molar-refractivity contribution is 5.76. The van der Waals surface area contributed by atoms with Crippen molar-refractivity contribution in [1.82, 2.24) is 15.2 Å². The van der Waals surface area contributed by atoms with Crippen LogP contribution in [-0.4, -0.2) is 46.7 Å². The van der Waals surface area contributed by atoms with Gasteiger partial charge < -0.3 is 20.1 Å². The predicted octanol–water partition coefficient (Wildman–Crippen LogP) is 1.94. The van der Waals surface area contributed by atoms with Crippen molar-refractivity contribution in [2.45, 2.75) is 26.5 Å². The zero-order valence-electron chi connectivity index (χ0n) is 13.1. The number of hydrogen-bond donors (Lipinski definition) is 2. The highest BCUT2D eigenvalue weighted by Crippen LogP contribution is 2.22. The minimum absolute atomic E-state index is 0.0950. The fourth-order valence-corrected chi connectivity index (χ4v) is 2.70. The molecule has 1 fully saturated rings. The third-order valence-corrected chi connectivity index (χ3v) is 3.75. The molecule has 1 saturated heterocycles. The number of carbonyl (C=O) groups is 2. The van der Waals surface area contributed by atoms with E-state index in [-0.39, 0.29) is 30.9 Å². The number of amides is 2. The normalized spacial score (nSPS) is 20.8. The highest BCUT2D eigenvalue weighted by atomic mass is 19.3. The molecule has 0 spiro atoms. The monoisotopic (exact) mass is 343 g/mol. The summed E-state index contributed by atoms with van der Waals surface area (Å²) in [7, 11) is 0. The molecule has 0 aromatic carbocycles. The number of carbonyl (C=O) groups excluding carboxylic acids is 1. The van der Waals surface area contributed by atoms with Crippen LogP contribution in [0.1, 0.15) is 18.9 Å². The fraction of sp³-hybridized carbons (Fsp3) is 0.533. The molecule has 2 atom stereocenters. The van der Waals surface area contributed by atoms with Gasteiger partial charge >= 0.3 is 18.6 Å². The maximum atomic E-state index is 12.2. The van der Waals surface area contributed by atoms with Crippen molar-refractivity contribution in [3.63, 3.8) is 0 Å². The Morgan fingerprint density at radius 1 is 1.50 bits per heavy atom. The lowest BCUT2D eigenvalue weighted by Crippen LogP contribution is -2.49. The molecule has 0 bridgehead atoms. The van der Waals surface area contributed by atoms with Crippen LogP contribution < -0.4 is 10.1 Å². The van der Waals surface area contributed by atoms with Crippen molar-refractivity contribution in [1.29, 1.82) is 0 Å². The zero-order valence-corrected chi connectivity index (χ0v) is 13.1. The summed E-state index contributed by atoms with van der Waals surface area (Å²) in [4.78, 5) is 28.4. The van der Waals surface area contributed by atoms with Gasteiger partial charge in [0.25, 0.3) is 0 Å². The molecule has 24 heavy (non-hydrogen) atoms. The van der Waals surface area contributed by atoms with E-state index < -0.39 is 18.5 Å². The van der Waals surface area contributed by atoms with E-state index in [2.05, 4.69) is 15.0 Å². The highest BCUT2D eigenvalue weighted by Gasteiger charge is 2.31. The van der Waals surface area contributed by atoms with Gasteiger partial charge in [-0.2, -0.15) is 8.78 Å². The van der Waals surface area contributed by atoms with E-state index in [1.807, 2.05) is 6.92 Å². The van der Waals surface area contributed by atoms with Gasteiger partial charge in [0.15, 0.2) is 0 Å². The SMILES string of the molecule is CC1CC(C(=O)O)CN(C(=O)NCc2ccnc(OC(F)F)c2)C1. The first-order valence-electron chi connectivity index (χ1n) is 7.50. The number of urea groups is 1. The molecule has 132 valence electrons. The van der Waals surface area contributed by atoms with Gasteiger partial charge in [-0.15, -0.1) is 0 Å². The summed E-state index contributed by atoms with van der Waals surface area (Å²) < 4.78 is 28.5. The van der Waals surface area contributed by atoms with E-state index in [9.17, 15) is 18.4 Å². The number of alkyl halides is 2. The Kier molecular flexibility index (Phi) is 5.88. The smallest absolute Gasteiger partial charge is 0.388 e. The minimum atomic E-state index is -2.97. The Balaban J connectivity index is 1.91. The first-order chi connectivity index (χ1) is 11.3. The number of aliphatic carboxylic acids is 1. The van der Waals surface area contributed by atoms with E-state index in [0.29, 0.717) is 18.5 Å². The number of nitrogens with one attached hydrogen (secondary N) is 1. The molecule has 9 heteroatoms. The number of hydrogen-bond acceptors (Lipinski definition) is 4. The van der Waals surface area contributed by atoms with Gasteiger partial charge in [-0.05, 0) is 24.0 Å². The zero-order chi connectivity index (χ0) is 17.7. The van der Waals surface area contributed by atoms with Crippen LogP contribution in [0.5, 0.6) is 5.88 Å². The quantitative estimate of drug-likeness (QED) is 0.852. The Labute approximate surface area is 137 Å². The van der Waals surface area contributed by atoms with Crippen LogP contribution >= 0.6 is 0 Å². The Hall–Kier alpha value is -2.45. The van der Waals surface area contributed by atoms with Gasteiger partial charge in [-0.3, -0.25) is 4.79 Å². The van der Waals surface area contributed by atoms with Crippen molar-refractivity contribution in [2.75, 3.05) is 13.1 Å². The second kappa shape index (κ2) is 7.89. The number of nitrogens with zero attached hydrogens (tertiary/aromatic N) is 2. The van der Waals surface area contributed by atoms with Crippen molar-refractivity contribution >= 4 is 12.0 Å². The summed E-state index contributed by atoms with van der Waals surface area (Å²) in [5.74, 6) is -1.62. The largest absolute Gasteiger partial charge is 0.481 e. The second-order valence-corrected chi connectivity index (χ2v) is 5.82. The number of ether oxygens (including phenoxy) is 1. The number of rotatable bonds is 5. The van der Waals surface area contributed by atoms with Gasteiger partial charge in [-0.25, -0.2) is 9.78 Å². The lowest BCUT2D eigenvalue weighted by Gasteiger charge is -2.34. The maximum absolute atomic E-state index is 12.2. The molecule has 0 aliphatic carbocycles. The Bertz CT molecular complexity index is 600. The fourth-order valence-electron chi connectivity index (χ4n) is 2.70. The van der Waals surface area contributed by atoms with E-state index in [1.165, 1.54) is 17.2 Å². The van der Waals surface area contributed by atoms with Gasteiger partial charge in [0, 0.05) is 31.9 Å². The number of carboxylic acid groups (broad SMARTS) is 1. The van der Waals surface area contributed by atoms with Crippen molar-refractivity contribution in [3.8, 4) is 5.88 Å². The summed E-state index contributed by atoms with van der Waals surface area (Å²) in [6.45, 7) is -0.339. The van der Waals surface area contributed by atoms with Crippen LogP contribution in [0.25, 0.3) is 0 Å². The summed E-state index contributed by atoms with van der Waals surface area (Å²) in [5, 5.41) is 11.8. The molecular formula is C15H19F2N3O4. The molecule has 0 radical (unpaired) electrons. The molecule has 2 unspecified atom stereocenters. The minimum Gasteiger partial charge on any atom is -0.481 e. The van der Waals surface area contributed by atoms with Crippen LogP contribution in [-0.2, 0) is 11.3 Å². The molecule has 7 nitrogen and oxygen atoms in total. The molecular weight excluding hydrogens is 324 g/mol. The molecule has 2 rings (SSSR count). The van der Waals surface area contributed by atoms with Crippen LogP contribution in [0.4, 0.5) is 13.6 Å². The second-order valence-electron chi connectivity index (χ2n) is 5.82. The number of likely N-dealkylation sites (tertiary alicyclic amines) is 1. The summed E-state index contributed by atoms with van der Waals surface area (Å²) in [6.07, 6.45) is 1.85. The molecule has 2 N–H and O–H groups in total. The summed E-state index contributed by atoms with van der Waals surface area (Å²) >= 11 is 0. The average molecular weight is 343 g/mol. The summed E-state index contributed by atoms with van der Waals surface area (Å²) in [5.41, 5.74) is 0.550. The lowest BCUT2D eigenvalue weighted by molar-refractivity contribution is -0.143. The number of carboxylic acids is 1. The molecule has 1 aliphatic heterocycles. The van der Waals surface area contributed by atoms with E-state index in [1.54, 1.807) is 6.07 Å². The topological polar surface area (TPSA) is 91.8 Å². The van der Waals surface area contributed by atoms with Crippen molar-refractivity contribution < 1.29 is 28.2 Å². The lowest BCUT2D eigenvalue weighted by atomic mass is 9.91. The third-order valence-electron chi connectivity index (χ3n) is 3.75. The molecule has 1 aromatic rings. The van der Waals surface area contributed by atoms with Crippen LogP contribution in [0.3, 0.4) is 0 Å². The molecule has 0 saturated carbocycles. The van der Waals surface area contributed by atoms with Gasteiger partial charge in [0.2, 0.25) is 5.88 Å². The molecule has 1 aliphatic rings. The van der Waals surface area contributed by atoms with Crippen LogP contribution in [0, 0.1) is 11.8 Å². The third kappa shape index (κ3) is 5.04. The van der Waals surface area contributed by atoms with E-state index >= 15 is 0 Å². The van der Waals surface area contributed by atoms with Crippen LogP contribution in [0.2, 0.25) is 0 Å². The Morgan fingerprint density at radius 2 is 2.25 bits per heavy atom. The first kappa shape index (κ1) is 17.9. The van der Waals surface area contributed by atoms with Crippen LogP contribution in [0.15, 0.2) is 18.3 Å². The summed E-state index contributed by atoms with van der Waals surface area (Å²) in [6, 6.07) is 2.49. The Morgan fingerprint density at radius 3 is 2.92 bits per heavy atom. The van der Waals surface area contributed by atoms with Gasteiger partial charge in [-0.1, -0.05) is 6.92 Å². The molecule has 2 amide bonds. The number of halogens is 2. The number of aromatic nitrogens is 1. The van der Waals surface area contributed by atoms with Gasteiger partial charge in [0.1, 0.15) is 0 Å². The first-order valence-corrected chi connectivity index (χ1v) is 7.50. The number of piperidine rings is 1. The van der Waals surface area contributed by atoms with E-state index in [4.69, 9.17) is 5.11 Å². The maximum Gasteiger partial charge on any atom is 0.388 e. The van der Waals surface area contributed by atoms with Gasteiger partial charge in [0.05, 0.1) is 5.92 Å². The molecule has 1 aromatic heterocycles. The van der Waals surface area contributed by atoms with Crippen molar-refractivity contribution in [2.24, 2.45) is 11.8 Å². The standard InChI is InChI=1S/C15H19F2N3O4/c1-9-4-11(13(21)22)8-20(7-9)15(23)19-6-10-2-3-18-12(5-10)24-14(16)17/h2-3,5,9,11,14H,4,6-8H2,1H3,(H,19,23)(H,21,22).